The molecule has 3 rings (SSSR count). The lowest BCUT2D eigenvalue weighted by atomic mass is 10.1. The standard InChI is InChI=1S/C19H23N3O4S/c1-4-26-8-7-21-18-13(3)9-12(2)10-14(18)27-19(21)20-15(23)11-22-16(24)5-6-17(22)25/h9-10H,4-8,11H2,1-3H3. The maximum Gasteiger partial charge on any atom is 0.268 e. The minimum atomic E-state index is -0.496. The van der Waals surface area contributed by atoms with Gasteiger partial charge >= 0.3 is 0 Å². The van der Waals surface area contributed by atoms with Crippen molar-refractivity contribution in [3.8, 4) is 0 Å². The van der Waals surface area contributed by atoms with Gasteiger partial charge in [-0.15, -0.1) is 0 Å². The summed E-state index contributed by atoms with van der Waals surface area (Å²) in [6.07, 6.45) is 0.337. The number of ether oxygens (including phenoxy) is 1. The van der Waals surface area contributed by atoms with Gasteiger partial charge in [-0.3, -0.25) is 19.3 Å². The predicted molar refractivity (Wildman–Crippen MR) is 102 cm³/mol. The van der Waals surface area contributed by atoms with Gasteiger partial charge in [0.25, 0.3) is 5.91 Å². The van der Waals surface area contributed by atoms with E-state index >= 15 is 0 Å². The van der Waals surface area contributed by atoms with Crippen LogP contribution in [0.15, 0.2) is 17.1 Å². The molecule has 0 radical (unpaired) electrons. The van der Waals surface area contributed by atoms with E-state index in [1.54, 1.807) is 0 Å². The molecule has 7 nitrogen and oxygen atoms in total. The summed E-state index contributed by atoms with van der Waals surface area (Å²) in [6, 6.07) is 4.17. The van der Waals surface area contributed by atoms with Crippen molar-refractivity contribution in [2.75, 3.05) is 19.8 Å². The van der Waals surface area contributed by atoms with Crippen molar-refractivity contribution >= 4 is 39.3 Å². The maximum atomic E-state index is 12.4. The Morgan fingerprint density at radius 1 is 1.22 bits per heavy atom. The van der Waals surface area contributed by atoms with Gasteiger partial charge in [0.1, 0.15) is 6.54 Å². The molecular formula is C19H23N3O4S. The Morgan fingerprint density at radius 3 is 2.59 bits per heavy atom. The zero-order chi connectivity index (χ0) is 19.6. The number of carbonyl (C=O) groups is 3. The van der Waals surface area contributed by atoms with Gasteiger partial charge in [-0.05, 0) is 38.0 Å². The van der Waals surface area contributed by atoms with Gasteiger partial charge in [-0.1, -0.05) is 17.4 Å². The Morgan fingerprint density at radius 2 is 1.93 bits per heavy atom. The molecule has 1 aromatic carbocycles. The third kappa shape index (κ3) is 4.17. The molecule has 0 N–H and O–H groups in total. The van der Waals surface area contributed by atoms with Crippen LogP contribution in [-0.4, -0.2) is 46.9 Å². The summed E-state index contributed by atoms with van der Waals surface area (Å²) >= 11 is 1.43. The first kappa shape index (κ1) is 19.4. The number of rotatable bonds is 6. The number of amides is 3. The molecule has 1 saturated heterocycles. The summed E-state index contributed by atoms with van der Waals surface area (Å²) < 4.78 is 8.50. The lowest BCUT2D eigenvalue weighted by Gasteiger charge is -2.10. The number of thiazole rings is 1. The first-order valence-electron chi connectivity index (χ1n) is 8.99. The molecular weight excluding hydrogens is 366 g/mol. The van der Waals surface area contributed by atoms with Crippen molar-refractivity contribution in [2.24, 2.45) is 4.99 Å². The highest BCUT2D eigenvalue weighted by atomic mass is 32.1. The fourth-order valence-electron chi connectivity index (χ4n) is 3.26. The van der Waals surface area contributed by atoms with Crippen LogP contribution in [0.2, 0.25) is 0 Å². The molecule has 0 spiro atoms. The summed E-state index contributed by atoms with van der Waals surface area (Å²) in [7, 11) is 0. The largest absolute Gasteiger partial charge is 0.380 e. The van der Waals surface area contributed by atoms with Crippen molar-refractivity contribution in [3.05, 3.63) is 28.1 Å². The lowest BCUT2D eigenvalue weighted by Crippen LogP contribution is -2.34. The van der Waals surface area contributed by atoms with Gasteiger partial charge in [0.05, 0.1) is 16.8 Å². The molecule has 8 heteroatoms. The monoisotopic (exact) mass is 389 g/mol. The molecule has 2 heterocycles. The maximum absolute atomic E-state index is 12.4. The number of imide groups is 1. The van der Waals surface area contributed by atoms with Crippen LogP contribution in [0.5, 0.6) is 0 Å². The van der Waals surface area contributed by atoms with Crippen molar-refractivity contribution < 1.29 is 19.1 Å². The summed E-state index contributed by atoms with van der Waals surface area (Å²) in [6.45, 7) is 7.41. The van der Waals surface area contributed by atoms with Crippen LogP contribution >= 0.6 is 11.3 Å². The van der Waals surface area contributed by atoms with Gasteiger partial charge < -0.3 is 9.30 Å². The van der Waals surface area contributed by atoms with Crippen LogP contribution in [0.4, 0.5) is 0 Å². The topological polar surface area (TPSA) is 81.0 Å². The van der Waals surface area contributed by atoms with Crippen molar-refractivity contribution in [3.63, 3.8) is 0 Å². The van der Waals surface area contributed by atoms with Crippen LogP contribution in [0.1, 0.15) is 30.9 Å². The van der Waals surface area contributed by atoms with E-state index in [9.17, 15) is 14.4 Å². The Labute approximate surface area is 161 Å². The Balaban J connectivity index is 1.98. The summed E-state index contributed by atoms with van der Waals surface area (Å²) in [4.78, 5) is 41.7. The Kier molecular flexibility index (Phi) is 5.86. The molecule has 2 aromatic rings. The molecule has 1 aliphatic heterocycles. The number of hydrogen-bond donors (Lipinski definition) is 0. The predicted octanol–water partition coefficient (Wildman–Crippen LogP) is 1.93. The van der Waals surface area contributed by atoms with E-state index in [0.29, 0.717) is 24.6 Å². The van der Waals surface area contributed by atoms with E-state index in [1.807, 2.05) is 25.3 Å². The summed E-state index contributed by atoms with van der Waals surface area (Å²) in [5, 5.41) is 0. The average Bonchev–Trinajstić information content (AvgIpc) is 3.09. The average molecular weight is 389 g/mol. The van der Waals surface area contributed by atoms with Gasteiger partial charge in [0.2, 0.25) is 11.8 Å². The number of fused-ring (bicyclic) bond motifs is 1. The molecule has 1 fully saturated rings. The van der Waals surface area contributed by atoms with E-state index in [0.717, 1.165) is 26.2 Å². The SMILES string of the molecule is CCOCCn1c(=NC(=O)CN2C(=O)CCC2=O)sc2cc(C)cc(C)c21. The molecule has 0 bridgehead atoms. The Hall–Kier alpha value is -2.32. The molecule has 144 valence electrons. The second kappa shape index (κ2) is 8.14. The van der Waals surface area contributed by atoms with E-state index in [-0.39, 0.29) is 31.2 Å². The third-order valence-corrected chi connectivity index (χ3v) is 5.47. The first-order valence-corrected chi connectivity index (χ1v) is 9.81. The minimum Gasteiger partial charge on any atom is -0.380 e. The van der Waals surface area contributed by atoms with Crippen molar-refractivity contribution in [1.29, 1.82) is 0 Å². The van der Waals surface area contributed by atoms with E-state index in [1.165, 1.54) is 11.3 Å². The first-order chi connectivity index (χ1) is 12.9. The number of likely N-dealkylation sites (tertiary alicyclic amines) is 1. The normalized spacial score (nSPS) is 15.4. The summed E-state index contributed by atoms with van der Waals surface area (Å²) in [5.41, 5.74) is 3.28. The molecule has 1 aromatic heterocycles. The van der Waals surface area contributed by atoms with Gasteiger partial charge in [-0.2, -0.15) is 4.99 Å². The fourth-order valence-corrected chi connectivity index (χ4v) is 4.51. The molecule has 0 unspecified atom stereocenters. The van der Waals surface area contributed by atoms with Crippen molar-refractivity contribution in [1.82, 2.24) is 9.47 Å². The molecule has 0 saturated carbocycles. The fraction of sp³-hybridized carbons (Fsp3) is 0.474. The van der Waals surface area contributed by atoms with Crippen LogP contribution in [0.25, 0.3) is 10.2 Å². The number of benzene rings is 1. The Bertz CT molecular complexity index is 957. The van der Waals surface area contributed by atoms with Crippen LogP contribution in [0.3, 0.4) is 0 Å². The number of nitrogens with zero attached hydrogens (tertiary/aromatic N) is 3. The minimum absolute atomic E-state index is 0.168. The molecule has 0 atom stereocenters. The van der Waals surface area contributed by atoms with Crippen LogP contribution in [-0.2, 0) is 25.7 Å². The highest BCUT2D eigenvalue weighted by molar-refractivity contribution is 7.16. The second-order valence-electron chi connectivity index (χ2n) is 6.54. The highest BCUT2D eigenvalue weighted by Gasteiger charge is 2.30. The summed E-state index contributed by atoms with van der Waals surface area (Å²) in [5.74, 6) is -1.11. The lowest BCUT2D eigenvalue weighted by molar-refractivity contribution is -0.141. The number of aromatic nitrogens is 1. The number of aryl methyl sites for hydroxylation is 2. The van der Waals surface area contributed by atoms with Crippen LogP contribution < -0.4 is 4.80 Å². The second-order valence-corrected chi connectivity index (χ2v) is 7.55. The number of hydrogen-bond acceptors (Lipinski definition) is 5. The molecule has 0 aliphatic carbocycles. The van der Waals surface area contributed by atoms with E-state index < -0.39 is 5.91 Å². The van der Waals surface area contributed by atoms with Gasteiger partial charge in [-0.25, -0.2) is 0 Å². The third-order valence-electron chi connectivity index (χ3n) is 4.44. The van der Waals surface area contributed by atoms with Gasteiger partial charge in [0, 0.05) is 26.0 Å². The van der Waals surface area contributed by atoms with E-state index in [4.69, 9.17) is 4.74 Å². The molecule has 1 aliphatic rings. The van der Waals surface area contributed by atoms with E-state index in [2.05, 4.69) is 17.1 Å². The molecule has 27 heavy (non-hydrogen) atoms. The van der Waals surface area contributed by atoms with Gasteiger partial charge in [0.15, 0.2) is 4.80 Å². The number of carbonyl (C=O) groups excluding carboxylic acids is 3. The van der Waals surface area contributed by atoms with Crippen LogP contribution in [0, 0.1) is 13.8 Å². The zero-order valence-corrected chi connectivity index (χ0v) is 16.6. The van der Waals surface area contributed by atoms with Crippen molar-refractivity contribution in [2.45, 2.75) is 40.2 Å². The quantitative estimate of drug-likeness (QED) is 0.558. The highest BCUT2D eigenvalue weighted by Crippen LogP contribution is 2.23. The molecule has 3 amide bonds. The smallest absolute Gasteiger partial charge is 0.268 e. The zero-order valence-electron chi connectivity index (χ0n) is 15.8.